The number of benzene rings is 2. The van der Waals surface area contributed by atoms with Crippen LogP contribution in [0.25, 0.3) is 0 Å². The van der Waals surface area contributed by atoms with Crippen molar-refractivity contribution in [1.29, 1.82) is 0 Å². The van der Waals surface area contributed by atoms with Crippen molar-refractivity contribution in [3.05, 3.63) is 59.4 Å². The van der Waals surface area contributed by atoms with E-state index in [9.17, 15) is 17.6 Å². The average molecular weight is 430 g/mol. The number of hydrogen-bond donors (Lipinski definition) is 0. The summed E-state index contributed by atoms with van der Waals surface area (Å²) in [5, 5.41) is 5.30. The predicted octanol–water partition coefficient (Wildman–Crippen LogP) is 3.50. The van der Waals surface area contributed by atoms with Crippen molar-refractivity contribution in [2.75, 3.05) is 18.1 Å². The van der Waals surface area contributed by atoms with Crippen LogP contribution in [0.15, 0.2) is 52.5 Å². The van der Waals surface area contributed by atoms with Gasteiger partial charge in [-0.25, -0.2) is 12.8 Å². The number of halogens is 1. The molecule has 0 aliphatic carbocycles. The molecule has 2 aliphatic heterocycles. The normalized spacial score (nSPS) is 18.7. The Bertz CT molecular complexity index is 1120. The van der Waals surface area contributed by atoms with Gasteiger partial charge in [0.15, 0.2) is 0 Å². The van der Waals surface area contributed by atoms with Gasteiger partial charge in [0, 0.05) is 13.1 Å². The fourth-order valence-electron chi connectivity index (χ4n) is 3.81. The van der Waals surface area contributed by atoms with Gasteiger partial charge >= 0.3 is 0 Å². The standard InChI is InChI=1S/C22H24FN3O3S/c1-15-8-10-25(11-9-15)22(27)21-24-26(14-17-4-3-5-18(23)13-17)19-12-16(2)6-7-20(19)30(21,28)29/h3-7,12-13,15H,8-11,14H2,1-2H3. The fraction of sp³-hybridized carbons (Fsp3) is 0.364. The third-order valence-corrected chi connectivity index (χ3v) is 7.31. The molecule has 0 atom stereocenters. The van der Waals surface area contributed by atoms with Gasteiger partial charge in [-0.15, -0.1) is 0 Å². The van der Waals surface area contributed by atoms with Gasteiger partial charge in [0.2, 0.25) is 14.9 Å². The van der Waals surface area contributed by atoms with Crippen LogP contribution >= 0.6 is 0 Å². The predicted molar refractivity (Wildman–Crippen MR) is 113 cm³/mol. The zero-order valence-electron chi connectivity index (χ0n) is 17.0. The van der Waals surface area contributed by atoms with Crippen molar-refractivity contribution in [2.24, 2.45) is 11.0 Å². The third-order valence-electron chi connectivity index (χ3n) is 5.62. The number of piperidine rings is 1. The topological polar surface area (TPSA) is 70.1 Å². The summed E-state index contributed by atoms with van der Waals surface area (Å²) in [6, 6.07) is 11.0. The summed E-state index contributed by atoms with van der Waals surface area (Å²) in [6.07, 6.45) is 1.67. The first-order valence-electron chi connectivity index (χ1n) is 10.0. The Labute approximate surface area is 175 Å². The maximum absolute atomic E-state index is 13.7. The number of carbonyl (C=O) groups is 1. The average Bonchev–Trinajstić information content (AvgIpc) is 2.70. The second kappa shape index (κ2) is 7.83. The Kier molecular flexibility index (Phi) is 5.36. The Hall–Kier alpha value is -2.74. The smallest absolute Gasteiger partial charge is 0.286 e. The second-order valence-electron chi connectivity index (χ2n) is 8.04. The Morgan fingerprint density at radius 3 is 2.60 bits per heavy atom. The molecule has 2 aliphatic rings. The van der Waals surface area contributed by atoms with E-state index >= 15 is 0 Å². The maximum Gasteiger partial charge on any atom is 0.286 e. The monoisotopic (exact) mass is 429 g/mol. The van der Waals surface area contributed by atoms with Crippen molar-refractivity contribution < 1.29 is 17.6 Å². The summed E-state index contributed by atoms with van der Waals surface area (Å²) < 4.78 is 40.2. The first-order chi connectivity index (χ1) is 14.3. The van der Waals surface area contributed by atoms with Gasteiger partial charge in [0.25, 0.3) is 5.91 Å². The molecule has 0 radical (unpaired) electrons. The molecule has 1 amide bonds. The lowest BCUT2D eigenvalue weighted by molar-refractivity contribution is -0.125. The van der Waals surface area contributed by atoms with Crippen molar-refractivity contribution >= 4 is 26.5 Å². The number of hydrogen-bond acceptors (Lipinski definition) is 5. The molecule has 0 bridgehead atoms. The maximum atomic E-state index is 13.7. The molecule has 6 nitrogen and oxygen atoms in total. The van der Waals surface area contributed by atoms with E-state index in [1.807, 2.05) is 6.92 Å². The molecule has 8 heteroatoms. The number of hydrazone groups is 1. The van der Waals surface area contributed by atoms with E-state index in [0.29, 0.717) is 30.3 Å². The highest BCUT2D eigenvalue weighted by atomic mass is 32.2. The first-order valence-corrected chi connectivity index (χ1v) is 11.5. The fourth-order valence-corrected chi connectivity index (χ4v) is 5.27. The Morgan fingerprint density at radius 1 is 1.17 bits per heavy atom. The summed E-state index contributed by atoms with van der Waals surface area (Å²) in [4.78, 5) is 14.7. The molecule has 0 aromatic heterocycles. The number of carbonyl (C=O) groups excluding carboxylic acids is 1. The van der Waals surface area contributed by atoms with E-state index in [1.165, 1.54) is 23.2 Å². The molecule has 158 valence electrons. The van der Waals surface area contributed by atoms with Crippen LogP contribution in [0.3, 0.4) is 0 Å². The lowest BCUT2D eigenvalue weighted by Crippen LogP contribution is -2.46. The number of fused-ring (bicyclic) bond motifs is 1. The van der Waals surface area contributed by atoms with Crippen molar-refractivity contribution in [1.82, 2.24) is 4.90 Å². The van der Waals surface area contributed by atoms with Crippen LogP contribution in [0, 0.1) is 18.7 Å². The number of amides is 1. The van der Waals surface area contributed by atoms with Gasteiger partial charge in [-0.3, -0.25) is 9.80 Å². The van der Waals surface area contributed by atoms with E-state index < -0.39 is 20.8 Å². The van der Waals surface area contributed by atoms with E-state index in [2.05, 4.69) is 12.0 Å². The van der Waals surface area contributed by atoms with Crippen LogP contribution in [-0.2, 0) is 21.2 Å². The number of nitrogens with zero attached hydrogens (tertiary/aromatic N) is 3. The zero-order valence-corrected chi connectivity index (χ0v) is 17.8. The van der Waals surface area contributed by atoms with Crippen molar-refractivity contribution in [2.45, 2.75) is 38.1 Å². The largest absolute Gasteiger partial charge is 0.337 e. The molecule has 1 saturated heterocycles. The minimum atomic E-state index is -4.05. The molecule has 0 saturated carbocycles. The molecule has 4 rings (SSSR count). The highest BCUT2D eigenvalue weighted by molar-refractivity contribution is 8.08. The minimum absolute atomic E-state index is 0.0493. The summed E-state index contributed by atoms with van der Waals surface area (Å²) in [5.74, 6) is -0.450. The number of sulfone groups is 1. The van der Waals surface area contributed by atoms with Gasteiger partial charge < -0.3 is 4.90 Å². The van der Waals surface area contributed by atoms with Crippen LogP contribution in [0.2, 0.25) is 0 Å². The van der Waals surface area contributed by atoms with Crippen LogP contribution in [0.4, 0.5) is 10.1 Å². The van der Waals surface area contributed by atoms with E-state index in [0.717, 1.165) is 18.4 Å². The Balaban J connectivity index is 1.76. The van der Waals surface area contributed by atoms with Crippen LogP contribution < -0.4 is 5.01 Å². The minimum Gasteiger partial charge on any atom is -0.337 e. The molecular weight excluding hydrogens is 405 g/mol. The second-order valence-corrected chi connectivity index (χ2v) is 9.88. The number of rotatable bonds is 3. The van der Waals surface area contributed by atoms with Crippen molar-refractivity contribution in [3.63, 3.8) is 0 Å². The van der Waals surface area contributed by atoms with Gasteiger partial charge in [-0.05, 0) is 61.1 Å². The molecule has 0 spiro atoms. The molecule has 2 heterocycles. The highest BCUT2D eigenvalue weighted by Crippen LogP contribution is 2.34. The zero-order chi connectivity index (χ0) is 21.5. The number of likely N-dealkylation sites (tertiary alicyclic amines) is 1. The molecule has 0 unspecified atom stereocenters. The Morgan fingerprint density at radius 2 is 1.90 bits per heavy atom. The molecule has 2 aromatic carbocycles. The van der Waals surface area contributed by atoms with E-state index in [4.69, 9.17) is 0 Å². The van der Waals surface area contributed by atoms with Crippen LogP contribution in [0.1, 0.15) is 30.9 Å². The molecule has 30 heavy (non-hydrogen) atoms. The van der Waals surface area contributed by atoms with Gasteiger partial charge in [0.05, 0.1) is 17.1 Å². The van der Waals surface area contributed by atoms with Crippen LogP contribution in [0.5, 0.6) is 0 Å². The van der Waals surface area contributed by atoms with E-state index in [1.54, 1.807) is 29.2 Å². The first kappa shape index (κ1) is 20.5. The molecule has 2 aromatic rings. The number of anilines is 1. The lowest BCUT2D eigenvalue weighted by atomic mass is 9.99. The quantitative estimate of drug-likeness (QED) is 0.749. The van der Waals surface area contributed by atoms with Crippen molar-refractivity contribution in [3.8, 4) is 0 Å². The molecule has 1 fully saturated rings. The highest BCUT2D eigenvalue weighted by Gasteiger charge is 2.40. The summed E-state index contributed by atoms with van der Waals surface area (Å²) in [6.45, 7) is 5.15. The number of aryl methyl sites for hydroxylation is 1. The molecule has 0 N–H and O–H groups in total. The van der Waals surface area contributed by atoms with Gasteiger partial charge in [-0.1, -0.05) is 25.1 Å². The summed E-state index contributed by atoms with van der Waals surface area (Å²) >= 11 is 0. The SMILES string of the molecule is Cc1ccc2c(c1)N(Cc1cccc(F)c1)N=C(C(=O)N1CCC(C)CC1)S2(=O)=O. The van der Waals surface area contributed by atoms with E-state index in [-0.39, 0.29) is 17.3 Å². The molecular formula is C22H24FN3O3S. The van der Waals surface area contributed by atoms with Crippen LogP contribution in [-0.4, -0.2) is 37.4 Å². The third kappa shape index (κ3) is 3.84. The van der Waals surface area contributed by atoms with Gasteiger partial charge in [-0.2, -0.15) is 5.10 Å². The lowest BCUT2D eigenvalue weighted by Gasteiger charge is -2.33. The van der Waals surface area contributed by atoms with Gasteiger partial charge in [0.1, 0.15) is 5.82 Å². The summed E-state index contributed by atoms with van der Waals surface area (Å²) in [7, 11) is -4.05. The summed E-state index contributed by atoms with van der Waals surface area (Å²) in [5.41, 5.74) is 1.88.